The first-order valence-electron chi connectivity index (χ1n) is 7.43. The van der Waals surface area contributed by atoms with Crippen LogP contribution in [0.1, 0.15) is 21.7 Å². The maximum absolute atomic E-state index is 12.5. The Labute approximate surface area is 157 Å². The number of nitrogens with zero attached hydrogens (tertiary/aromatic N) is 4. The molecule has 0 aliphatic carbocycles. The second-order valence-electron chi connectivity index (χ2n) is 5.33. The van der Waals surface area contributed by atoms with Crippen molar-refractivity contribution in [2.24, 2.45) is 0 Å². The second kappa shape index (κ2) is 7.76. The topological polar surface area (TPSA) is 69.9 Å². The third-order valence-electron chi connectivity index (χ3n) is 3.65. The Hall–Kier alpha value is -2.25. The van der Waals surface area contributed by atoms with Gasteiger partial charge in [-0.1, -0.05) is 39.7 Å². The van der Waals surface area contributed by atoms with E-state index < -0.39 is 0 Å². The highest BCUT2D eigenvalue weighted by Gasteiger charge is 2.14. The van der Waals surface area contributed by atoms with Gasteiger partial charge in [0.2, 0.25) is 0 Å². The maximum atomic E-state index is 12.5. The standard InChI is InChI=1S/C17H14BrClN4O2/c1-25-16-7-4-12(9-14(16)19)15(24)10-23-17(20-21-22-23)8-11-2-5-13(18)6-3-11/h2-7,9H,8,10H2,1H3. The number of tetrazole rings is 1. The Kier molecular flexibility index (Phi) is 5.45. The quantitative estimate of drug-likeness (QED) is 0.569. The number of carbonyl (C=O) groups is 1. The van der Waals surface area contributed by atoms with Crippen molar-refractivity contribution in [3.8, 4) is 5.75 Å². The van der Waals surface area contributed by atoms with Gasteiger partial charge in [0.05, 0.1) is 12.1 Å². The van der Waals surface area contributed by atoms with Gasteiger partial charge in [0.25, 0.3) is 0 Å². The monoisotopic (exact) mass is 420 g/mol. The van der Waals surface area contributed by atoms with E-state index in [1.165, 1.54) is 11.8 Å². The van der Waals surface area contributed by atoms with Crippen LogP contribution >= 0.6 is 27.5 Å². The molecule has 128 valence electrons. The molecule has 2 aromatic carbocycles. The van der Waals surface area contributed by atoms with Crippen molar-refractivity contribution in [3.63, 3.8) is 0 Å². The second-order valence-corrected chi connectivity index (χ2v) is 6.65. The van der Waals surface area contributed by atoms with Crippen LogP contribution in [0.5, 0.6) is 5.75 Å². The third-order valence-corrected chi connectivity index (χ3v) is 4.47. The SMILES string of the molecule is COc1ccc(C(=O)Cn2nnnc2Cc2ccc(Br)cc2)cc1Cl. The molecule has 0 bridgehead atoms. The van der Waals surface area contributed by atoms with Gasteiger partial charge in [-0.2, -0.15) is 0 Å². The maximum Gasteiger partial charge on any atom is 0.184 e. The largest absolute Gasteiger partial charge is 0.495 e. The molecule has 1 aromatic heterocycles. The van der Waals surface area contributed by atoms with E-state index >= 15 is 0 Å². The summed E-state index contributed by atoms with van der Waals surface area (Å²) in [4.78, 5) is 12.5. The first-order chi connectivity index (χ1) is 12.1. The number of Topliss-reactive ketones (excluding diaryl/α,β-unsaturated/α-hetero) is 1. The molecule has 0 aliphatic rings. The predicted octanol–water partition coefficient (Wildman–Crippen LogP) is 3.57. The number of hydrogen-bond acceptors (Lipinski definition) is 5. The molecule has 1 heterocycles. The highest BCUT2D eigenvalue weighted by Crippen LogP contribution is 2.25. The molecule has 0 saturated carbocycles. The van der Waals surface area contributed by atoms with E-state index in [9.17, 15) is 4.79 Å². The number of methoxy groups -OCH3 is 1. The first kappa shape index (κ1) is 17.6. The zero-order valence-electron chi connectivity index (χ0n) is 13.3. The number of ketones is 1. The zero-order chi connectivity index (χ0) is 17.8. The highest BCUT2D eigenvalue weighted by atomic mass is 79.9. The molecular formula is C17H14BrClN4O2. The summed E-state index contributed by atoms with van der Waals surface area (Å²) < 4.78 is 7.60. The van der Waals surface area contributed by atoms with Gasteiger partial charge in [-0.3, -0.25) is 4.79 Å². The number of benzene rings is 2. The van der Waals surface area contributed by atoms with Crippen LogP contribution in [-0.4, -0.2) is 33.1 Å². The molecule has 3 rings (SSSR count). The van der Waals surface area contributed by atoms with E-state index in [4.69, 9.17) is 16.3 Å². The van der Waals surface area contributed by atoms with Crippen LogP contribution in [0.2, 0.25) is 5.02 Å². The fraction of sp³-hybridized carbons (Fsp3) is 0.176. The van der Waals surface area contributed by atoms with Gasteiger partial charge < -0.3 is 4.74 Å². The van der Waals surface area contributed by atoms with Crippen molar-refractivity contribution < 1.29 is 9.53 Å². The summed E-state index contributed by atoms with van der Waals surface area (Å²) in [6.45, 7) is 0.0432. The average Bonchev–Trinajstić information content (AvgIpc) is 3.03. The van der Waals surface area contributed by atoms with Crippen molar-refractivity contribution in [1.29, 1.82) is 0 Å². The molecule has 0 atom stereocenters. The van der Waals surface area contributed by atoms with E-state index in [2.05, 4.69) is 31.5 Å². The summed E-state index contributed by atoms with van der Waals surface area (Å²) >= 11 is 9.48. The Bertz CT molecular complexity index is 896. The van der Waals surface area contributed by atoms with E-state index in [-0.39, 0.29) is 12.3 Å². The molecule has 25 heavy (non-hydrogen) atoms. The molecular weight excluding hydrogens is 408 g/mol. The molecule has 0 aliphatic heterocycles. The lowest BCUT2D eigenvalue weighted by Gasteiger charge is -2.07. The number of hydrogen-bond donors (Lipinski definition) is 0. The number of rotatable bonds is 6. The number of ether oxygens (including phenoxy) is 1. The average molecular weight is 422 g/mol. The van der Waals surface area contributed by atoms with Crippen LogP contribution in [0.25, 0.3) is 0 Å². The lowest BCUT2D eigenvalue weighted by Crippen LogP contribution is -2.15. The normalized spacial score (nSPS) is 10.7. The molecule has 8 heteroatoms. The molecule has 0 spiro atoms. The molecule has 0 fully saturated rings. The van der Waals surface area contributed by atoms with E-state index in [0.717, 1.165) is 10.0 Å². The summed E-state index contributed by atoms with van der Waals surface area (Å²) in [6, 6.07) is 12.8. The molecule has 3 aromatic rings. The van der Waals surface area contributed by atoms with E-state index in [1.54, 1.807) is 18.2 Å². The Morgan fingerprint density at radius 1 is 1.24 bits per heavy atom. The lowest BCUT2D eigenvalue weighted by atomic mass is 10.1. The summed E-state index contributed by atoms with van der Waals surface area (Å²) in [5, 5.41) is 12.0. The van der Waals surface area contributed by atoms with Gasteiger partial charge >= 0.3 is 0 Å². The zero-order valence-corrected chi connectivity index (χ0v) is 15.7. The minimum absolute atomic E-state index is 0.0432. The molecule has 0 radical (unpaired) electrons. The van der Waals surface area contributed by atoms with Crippen LogP contribution in [0.4, 0.5) is 0 Å². The number of halogens is 2. The van der Waals surface area contributed by atoms with Gasteiger partial charge in [0, 0.05) is 16.5 Å². The van der Waals surface area contributed by atoms with Crippen LogP contribution in [0, 0.1) is 0 Å². The summed E-state index contributed by atoms with van der Waals surface area (Å²) in [6.07, 6.45) is 0.539. The molecule has 0 amide bonds. The van der Waals surface area contributed by atoms with Crippen molar-refractivity contribution in [3.05, 3.63) is 68.9 Å². The minimum atomic E-state index is -0.131. The van der Waals surface area contributed by atoms with Gasteiger partial charge in [-0.05, 0) is 46.3 Å². The lowest BCUT2D eigenvalue weighted by molar-refractivity contribution is 0.0965. The molecule has 0 unspecified atom stereocenters. The minimum Gasteiger partial charge on any atom is -0.495 e. The molecule has 0 saturated heterocycles. The van der Waals surface area contributed by atoms with Gasteiger partial charge in [-0.25, -0.2) is 4.68 Å². The number of carbonyl (C=O) groups excluding carboxylic acids is 1. The van der Waals surface area contributed by atoms with Crippen LogP contribution in [-0.2, 0) is 13.0 Å². The summed E-state index contributed by atoms with van der Waals surface area (Å²) in [7, 11) is 1.53. The van der Waals surface area contributed by atoms with Crippen LogP contribution in [0.15, 0.2) is 46.9 Å². The van der Waals surface area contributed by atoms with Crippen molar-refractivity contribution in [2.75, 3.05) is 7.11 Å². The highest BCUT2D eigenvalue weighted by molar-refractivity contribution is 9.10. The Morgan fingerprint density at radius 2 is 2.00 bits per heavy atom. The van der Waals surface area contributed by atoms with E-state index in [1.807, 2.05) is 24.3 Å². The van der Waals surface area contributed by atoms with Gasteiger partial charge in [0.1, 0.15) is 12.3 Å². The van der Waals surface area contributed by atoms with Crippen LogP contribution < -0.4 is 4.74 Å². The summed E-state index contributed by atoms with van der Waals surface area (Å²) in [5.41, 5.74) is 1.54. The summed E-state index contributed by atoms with van der Waals surface area (Å²) in [5.74, 6) is 1.01. The third kappa shape index (κ3) is 4.24. The Morgan fingerprint density at radius 3 is 2.68 bits per heavy atom. The van der Waals surface area contributed by atoms with Crippen molar-refractivity contribution in [2.45, 2.75) is 13.0 Å². The van der Waals surface area contributed by atoms with Crippen LogP contribution in [0.3, 0.4) is 0 Å². The fourth-order valence-corrected chi connectivity index (χ4v) is 2.85. The predicted molar refractivity (Wildman–Crippen MR) is 97.1 cm³/mol. The molecule has 0 N–H and O–H groups in total. The Balaban J connectivity index is 1.75. The van der Waals surface area contributed by atoms with E-state index in [0.29, 0.717) is 28.6 Å². The fourth-order valence-electron chi connectivity index (χ4n) is 2.32. The van der Waals surface area contributed by atoms with Gasteiger partial charge in [0.15, 0.2) is 11.6 Å². The van der Waals surface area contributed by atoms with Gasteiger partial charge in [-0.15, -0.1) is 5.10 Å². The first-order valence-corrected chi connectivity index (χ1v) is 8.60. The smallest absolute Gasteiger partial charge is 0.184 e. The van der Waals surface area contributed by atoms with Crippen molar-refractivity contribution >= 4 is 33.3 Å². The molecule has 6 nitrogen and oxygen atoms in total. The van der Waals surface area contributed by atoms with Crippen molar-refractivity contribution in [1.82, 2.24) is 20.2 Å². The number of aromatic nitrogens is 4.